The number of nitrogens with zero attached hydrogens (tertiary/aromatic N) is 4. The quantitative estimate of drug-likeness (QED) is 0.0549. The summed E-state index contributed by atoms with van der Waals surface area (Å²) < 4.78 is 56.7. The van der Waals surface area contributed by atoms with Crippen LogP contribution in [0.1, 0.15) is 80.5 Å². The number of piperazine rings is 1. The molecule has 64 heavy (non-hydrogen) atoms. The zero-order valence-corrected chi connectivity index (χ0v) is 38.1. The van der Waals surface area contributed by atoms with Crippen LogP contribution in [0.2, 0.25) is 0 Å². The van der Waals surface area contributed by atoms with E-state index in [-0.39, 0.29) is 56.7 Å². The molecule has 350 valence electrons. The van der Waals surface area contributed by atoms with Crippen molar-refractivity contribution in [3.63, 3.8) is 0 Å². The minimum atomic E-state index is -2.00. The number of ether oxygens (including phenoxy) is 3. The molecule has 2 aliphatic heterocycles. The molecule has 4 atom stereocenters. The van der Waals surface area contributed by atoms with E-state index in [1.807, 2.05) is 60.4 Å². The summed E-state index contributed by atoms with van der Waals surface area (Å²) >= 11 is 18.8. The Kier molecular flexibility index (Phi) is 16.6. The second-order valence-corrected chi connectivity index (χ2v) is 19.3. The minimum absolute atomic E-state index is 0.00340. The molecule has 3 amide bonds. The first-order chi connectivity index (χ1) is 30.3. The van der Waals surface area contributed by atoms with Gasteiger partial charge in [0.05, 0.1) is 43.2 Å². The number of carbonyl (C=O) groups is 3. The van der Waals surface area contributed by atoms with Gasteiger partial charge in [-0.2, -0.15) is 4.39 Å². The summed E-state index contributed by atoms with van der Waals surface area (Å²) in [4.78, 5) is 53.0. The third-order valence-corrected chi connectivity index (χ3v) is 13.4. The average Bonchev–Trinajstić information content (AvgIpc) is 4.08. The fourth-order valence-corrected chi connectivity index (χ4v) is 8.42. The molecule has 1 aliphatic carbocycles. The number of amides is 3. The lowest BCUT2D eigenvalue weighted by atomic mass is 9.70. The second kappa shape index (κ2) is 21.5. The summed E-state index contributed by atoms with van der Waals surface area (Å²) in [6.45, 7) is 5.28. The summed E-state index contributed by atoms with van der Waals surface area (Å²) in [5, 5.41) is 17.2. The second-order valence-electron chi connectivity index (χ2n) is 17.0. The SMILES string of the molecule is Cc1ccc(CCN(C(=O)C2C(c3ccc(CCCOc4c(F)ccc(F)c4F)cc3)CC3CN(C(=O)OCCCCON(O)O)CC2N3C(=O)OC(C)(C)C(Cl)(Cl)Cl)C2CC2)cc1. The fraction of sp³-hybridized carbons (Fsp3) is 0.533. The molecule has 2 saturated heterocycles. The van der Waals surface area contributed by atoms with Crippen LogP contribution in [0.3, 0.4) is 0 Å². The van der Waals surface area contributed by atoms with Crippen molar-refractivity contribution in [2.24, 2.45) is 5.92 Å². The Bertz CT molecular complexity index is 2080. The van der Waals surface area contributed by atoms with E-state index >= 15 is 4.79 Å². The maximum atomic E-state index is 15.4. The van der Waals surface area contributed by atoms with Crippen molar-refractivity contribution in [3.8, 4) is 5.75 Å². The van der Waals surface area contributed by atoms with E-state index in [1.54, 1.807) is 0 Å². The predicted molar refractivity (Wildman–Crippen MR) is 231 cm³/mol. The minimum Gasteiger partial charge on any atom is -0.488 e. The highest BCUT2D eigenvalue weighted by Gasteiger charge is 2.56. The number of unbranched alkanes of at least 4 members (excludes halogenated alkanes) is 1. The number of hydrogen-bond acceptors (Lipinski definition) is 10. The largest absolute Gasteiger partial charge is 0.488 e. The summed E-state index contributed by atoms with van der Waals surface area (Å²) in [6.07, 6.45) is 2.61. The van der Waals surface area contributed by atoms with Gasteiger partial charge < -0.3 is 24.0 Å². The lowest BCUT2D eigenvalue weighted by Crippen LogP contribution is -2.70. The van der Waals surface area contributed by atoms with Crippen molar-refractivity contribution < 1.29 is 57.0 Å². The zero-order chi connectivity index (χ0) is 46.3. The smallest absolute Gasteiger partial charge is 0.411 e. The van der Waals surface area contributed by atoms with Crippen LogP contribution in [0.25, 0.3) is 0 Å². The molecular weight excluding hydrogens is 904 g/mol. The number of halogens is 6. The van der Waals surface area contributed by atoms with Crippen molar-refractivity contribution in [1.29, 1.82) is 0 Å². The molecule has 0 radical (unpaired) electrons. The molecule has 3 fully saturated rings. The maximum Gasteiger partial charge on any atom is 0.411 e. The Balaban J connectivity index is 1.28. The van der Waals surface area contributed by atoms with Gasteiger partial charge in [-0.25, -0.2) is 18.4 Å². The van der Waals surface area contributed by atoms with Crippen LogP contribution >= 0.6 is 34.8 Å². The van der Waals surface area contributed by atoms with Crippen molar-refractivity contribution in [3.05, 3.63) is 100 Å². The van der Waals surface area contributed by atoms with E-state index < -0.39 is 68.7 Å². The number of rotatable bonds is 18. The molecule has 0 aromatic heterocycles. The van der Waals surface area contributed by atoms with Crippen molar-refractivity contribution in [2.75, 3.05) is 39.5 Å². The van der Waals surface area contributed by atoms with Crippen LogP contribution in [0.15, 0.2) is 60.7 Å². The Morgan fingerprint density at radius 2 is 1.45 bits per heavy atom. The van der Waals surface area contributed by atoms with Crippen LogP contribution in [0.4, 0.5) is 22.8 Å². The van der Waals surface area contributed by atoms with E-state index in [0.717, 1.165) is 41.2 Å². The van der Waals surface area contributed by atoms with Crippen LogP contribution in [0, 0.1) is 30.3 Å². The Labute approximate surface area is 385 Å². The number of aryl methyl sites for hydroxylation is 2. The number of piperidine rings is 1. The number of hydrogen-bond donors (Lipinski definition) is 2. The molecule has 4 unspecified atom stereocenters. The van der Waals surface area contributed by atoms with Gasteiger partial charge in [-0.1, -0.05) is 88.9 Å². The van der Waals surface area contributed by atoms with Gasteiger partial charge in [0.25, 0.3) is 0 Å². The number of alkyl halides is 3. The van der Waals surface area contributed by atoms with Gasteiger partial charge in [-0.3, -0.25) is 24.9 Å². The Hall–Kier alpha value is -4.03. The summed E-state index contributed by atoms with van der Waals surface area (Å²) in [7, 11) is 0. The molecular formula is C45H54Cl3F3N4O9. The van der Waals surface area contributed by atoms with Crippen molar-refractivity contribution >= 4 is 52.9 Å². The number of fused-ring (bicyclic) bond motifs is 2. The van der Waals surface area contributed by atoms with Crippen LogP contribution in [0.5, 0.6) is 5.75 Å². The zero-order valence-electron chi connectivity index (χ0n) is 35.9. The number of benzene rings is 3. The monoisotopic (exact) mass is 956 g/mol. The first-order valence-corrected chi connectivity index (χ1v) is 22.5. The van der Waals surface area contributed by atoms with E-state index in [2.05, 4.69) is 4.84 Å². The highest BCUT2D eigenvalue weighted by atomic mass is 35.6. The summed E-state index contributed by atoms with van der Waals surface area (Å²) in [5.74, 6) is -5.80. The van der Waals surface area contributed by atoms with E-state index in [4.69, 9.17) is 59.4 Å². The lowest BCUT2D eigenvalue weighted by molar-refractivity contribution is -0.492. The topological polar surface area (TPSA) is 142 Å². The van der Waals surface area contributed by atoms with Gasteiger partial charge >= 0.3 is 12.2 Å². The molecule has 2 bridgehead atoms. The molecule has 19 heteroatoms. The van der Waals surface area contributed by atoms with Gasteiger partial charge in [0.15, 0.2) is 23.0 Å². The third kappa shape index (κ3) is 12.4. The van der Waals surface area contributed by atoms with Gasteiger partial charge in [0.1, 0.15) is 0 Å². The molecule has 2 N–H and O–H groups in total. The summed E-state index contributed by atoms with van der Waals surface area (Å²) in [6, 6.07) is 15.8. The van der Waals surface area contributed by atoms with Gasteiger partial charge in [-0.05, 0) is 107 Å². The normalized spacial score (nSPS) is 20.0. The standard InChI is InChI=1S/C45H54Cl3F3N4O9/c1-28-8-10-30(11-9-28)20-21-53(32-16-17-32)41(56)38-34(31-14-12-29(13-15-31)7-6-23-61-40-36(50)19-18-35(49)39(40)51)25-33-26-52(42(57)62-22-4-5-24-63-55(59)60)27-37(38)54(33)43(58)64-44(2,3)45(46,47)48/h8-15,18-19,32-34,37-38,59-60H,4-7,16-17,20-27H2,1-3H3. The van der Waals surface area contributed by atoms with Gasteiger partial charge in [0, 0.05) is 25.7 Å². The molecule has 3 aliphatic rings. The molecule has 2 heterocycles. The van der Waals surface area contributed by atoms with Crippen LogP contribution in [-0.4, -0.2) is 116 Å². The number of carbonyl (C=O) groups excluding carboxylic acids is 3. The highest BCUT2D eigenvalue weighted by molar-refractivity contribution is 6.68. The molecule has 3 aromatic carbocycles. The predicted octanol–water partition coefficient (Wildman–Crippen LogP) is 9.33. The van der Waals surface area contributed by atoms with Crippen molar-refractivity contribution in [2.45, 2.75) is 106 Å². The van der Waals surface area contributed by atoms with Crippen molar-refractivity contribution in [1.82, 2.24) is 20.1 Å². The Morgan fingerprint density at radius 3 is 2.11 bits per heavy atom. The third-order valence-electron chi connectivity index (χ3n) is 12.0. The van der Waals surface area contributed by atoms with Gasteiger partial charge in [0.2, 0.25) is 15.5 Å². The fourth-order valence-electron chi connectivity index (χ4n) is 8.31. The molecule has 0 spiro atoms. The van der Waals surface area contributed by atoms with E-state index in [1.165, 1.54) is 23.6 Å². The van der Waals surface area contributed by atoms with Crippen LogP contribution in [-0.2, 0) is 31.9 Å². The lowest BCUT2D eigenvalue weighted by Gasteiger charge is -2.55. The first kappa shape index (κ1) is 49.4. The number of likely N-dealkylation sites (tertiary alicyclic amines) is 1. The molecule has 3 aromatic rings. The maximum absolute atomic E-state index is 15.4. The highest BCUT2D eigenvalue weighted by Crippen LogP contribution is 2.47. The first-order valence-electron chi connectivity index (χ1n) is 21.4. The molecule has 6 rings (SSSR count). The molecule has 13 nitrogen and oxygen atoms in total. The molecule has 1 saturated carbocycles. The summed E-state index contributed by atoms with van der Waals surface area (Å²) in [5.41, 5.74) is 2.32. The van der Waals surface area contributed by atoms with Gasteiger partial charge in [-0.15, -0.1) is 0 Å². The van der Waals surface area contributed by atoms with Crippen LogP contribution < -0.4 is 4.74 Å². The average molecular weight is 958 g/mol. The Morgan fingerprint density at radius 1 is 0.812 bits per heavy atom. The van der Waals surface area contributed by atoms with E-state index in [9.17, 15) is 22.8 Å². The van der Waals surface area contributed by atoms with E-state index in [0.29, 0.717) is 44.7 Å².